The van der Waals surface area contributed by atoms with E-state index in [-0.39, 0.29) is 5.16 Å². The van der Waals surface area contributed by atoms with E-state index in [1.54, 1.807) is 24.9 Å². The number of nitrogens with zero attached hydrogens (tertiary/aromatic N) is 7. The Kier molecular flexibility index (Phi) is 8.23. The summed E-state index contributed by atoms with van der Waals surface area (Å²) < 4.78 is 40.3. The Balaban J connectivity index is 1.41. The fraction of sp³-hybridized carbons (Fsp3) is 0.226. The molecule has 6 rings (SSSR count). The third kappa shape index (κ3) is 6.10. The summed E-state index contributed by atoms with van der Waals surface area (Å²) in [4.78, 5) is 15.8. The lowest BCUT2D eigenvalue weighted by Crippen LogP contribution is -2.30. The first-order valence-corrected chi connectivity index (χ1v) is 16.5. The van der Waals surface area contributed by atoms with Gasteiger partial charge in [-0.15, -0.1) is 0 Å². The Bertz CT molecular complexity index is 2040. The summed E-state index contributed by atoms with van der Waals surface area (Å²) in [6.45, 7) is 1.51. The number of hydrogen-bond donors (Lipinski definition) is 0. The molecule has 0 bridgehead atoms. The summed E-state index contributed by atoms with van der Waals surface area (Å²) in [5, 5.41) is 4.20. The molecule has 13 heteroatoms. The van der Waals surface area contributed by atoms with Gasteiger partial charge in [-0.05, 0) is 63.5 Å². The molecule has 0 spiro atoms. The van der Waals surface area contributed by atoms with Gasteiger partial charge < -0.3 is 18.9 Å². The molecule has 3 aromatic carbocycles. The van der Waals surface area contributed by atoms with Gasteiger partial charge in [-0.25, -0.2) is 13.4 Å². The van der Waals surface area contributed by atoms with E-state index >= 15 is 0 Å². The van der Waals surface area contributed by atoms with Crippen LogP contribution in [0.1, 0.15) is 17.0 Å². The molecular weight excluding hydrogens is 646 g/mol. The Hall–Kier alpha value is -4.49. The molecule has 0 unspecified atom stereocenters. The minimum atomic E-state index is -3.71. The van der Waals surface area contributed by atoms with Gasteiger partial charge in [0.2, 0.25) is 15.8 Å². The van der Waals surface area contributed by atoms with Gasteiger partial charge in [0.25, 0.3) is 5.16 Å². The van der Waals surface area contributed by atoms with Crippen LogP contribution in [0.4, 0.5) is 5.95 Å². The molecule has 0 fully saturated rings. The van der Waals surface area contributed by atoms with E-state index < -0.39 is 9.84 Å². The number of hydrogen-bond acceptors (Lipinski definition) is 9. The molecule has 0 radical (unpaired) electrons. The third-order valence-corrected chi connectivity index (χ3v) is 8.68. The maximum Gasteiger partial charge on any atom is 0.252 e. The molecule has 3 aromatic heterocycles. The monoisotopic (exact) mass is 675 g/mol. The molecule has 0 N–H and O–H groups in total. The van der Waals surface area contributed by atoms with Gasteiger partial charge >= 0.3 is 0 Å². The van der Waals surface area contributed by atoms with Gasteiger partial charge in [0.15, 0.2) is 5.65 Å². The Labute approximate surface area is 263 Å². The van der Waals surface area contributed by atoms with Crippen LogP contribution in [0.3, 0.4) is 0 Å². The number of rotatable bonds is 11. The Morgan fingerprint density at radius 1 is 0.864 bits per heavy atom. The molecule has 0 aliphatic heterocycles. The molecular formula is C31H30BrN7O4S. The normalized spacial score (nSPS) is 11.7. The largest absolute Gasteiger partial charge is 0.497 e. The van der Waals surface area contributed by atoms with Crippen LogP contribution in [0.2, 0.25) is 0 Å². The van der Waals surface area contributed by atoms with Crippen LogP contribution in [0, 0.1) is 0 Å². The van der Waals surface area contributed by atoms with Crippen molar-refractivity contribution in [1.82, 2.24) is 29.1 Å². The molecule has 226 valence electrons. The van der Waals surface area contributed by atoms with E-state index in [0.29, 0.717) is 42.1 Å². The maximum absolute atomic E-state index is 12.6. The van der Waals surface area contributed by atoms with E-state index in [1.165, 1.54) is 0 Å². The summed E-state index contributed by atoms with van der Waals surface area (Å²) in [7, 11) is -0.433. The average Bonchev–Trinajstić information content (AvgIpc) is 3.58. The van der Waals surface area contributed by atoms with Crippen LogP contribution in [0.25, 0.3) is 16.7 Å². The van der Waals surface area contributed by atoms with Gasteiger partial charge in [0.1, 0.15) is 17.3 Å². The Morgan fingerprint density at radius 2 is 1.52 bits per heavy atom. The summed E-state index contributed by atoms with van der Waals surface area (Å²) in [6.07, 6.45) is 3.23. The van der Waals surface area contributed by atoms with Crippen LogP contribution in [0.15, 0.2) is 88.6 Å². The lowest BCUT2D eigenvalue weighted by Gasteiger charge is -2.24. The van der Waals surface area contributed by atoms with Crippen LogP contribution in [-0.2, 0) is 29.3 Å². The number of sulfone groups is 1. The first-order valence-electron chi connectivity index (χ1n) is 13.8. The molecule has 6 aromatic rings. The van der Waals surface area contributed by atoms with Crippen molar-refractivity contribution in [2.75, 3.05) is 31.9 Å². The van der Waals surface area contributed by atoms with Crippen molar-refractivity contribution in [2.24, 2.45) is 0 Å². The summed E-state index contributed by atoms with van der Waals surface area (Å²) >= 11 is 3.46. The standard InChI is InChI=1S/C31H30BrN7O4S/c1-42-23-12-8-21(9-13-23)19-37(31-36-30(44(3,40)41)35-29-25(32)18-33-39(29)31)17-16-28-34-26-6-4-5-7-27(26)38(28)20-22-10-14-24(43-2)15-11-22/h4-15,18H,16-17,19-20H2,1-3H3. The lowest BCUT2D eigenvalue weighted by atomic mass is 10.2. The summed E-state index contributed by atoms with van der Waals surface area (Å²) in [6, 6.07) is 23.8. The van der Waals surface area contributed by atoms with E-state index in [4.69, 9.17) is 14.5 Å². The number of anilines is 1. The second kappa shape index (κ2) is 12.2. The van der Waals surface area contributed by atoms with Crippen LogP contribution in [0.5, 0.6) is 11.5 Å². The van der Waals surface area contributed by atoms with Crippen LogP contribution >= 0.6 is 15.9 Å². The van der Waals surface area contributed by atoms with Crippen molar-refractivity contribution in [3.8, 4) is 11.5 Å². The zero-order chi connectivity index (χ0) is 30.8. The van der Waals surface area contributed by atoms with Crippen molar-refractivity contribution in [1.29, 1.82) is 0 Å². The second-order valence-corrected chi connectivity index (χ2v) is 13.0. The van der Waals surface area contributed by atoms with Gasteiger partial charge in [-0.2, -0.15) is 19.6 Å². The quantitative estimate of drug-likeness (QED) is 0.188. The molecule has 3 heterocycles. The number of fused-ring (bicyclic) bond motifs is 2. The van der Waals surface area contributed by atoms with Gasteiger partial charge in [-0.1, -0.05) is 36.4 Å². The summed E-state index contributed by atoms with van der Waals surface area (Å²) in [5.74, 6) is 2.78. The number of para-hydroxylation sites is 2. The molecule has 0 aliphatic carbocycles. The number of methoxy groups -OCH3 is 2. The topological polar surface area (TPSA) is 117 Å². The van der Waals surface area contributed by atoms with E-state index in [2.05, 4.69) is 41.6 Å². The van der Waals surface area contributed by atoms with Gasteiger partial charge in [0, 0.05) is 32.3 Å². The van der Waals surface area contributed by atoms with E-state index in [9.17, 15) is 8.42 Å². The van der Waals surface area contributed by atoms with Crippen molar-refractivity contribution in [2.45, 2.75) is 24.7 Å². The van der Waals surface area contributed by atoms with Gasteiger partial charge in [-0.3, -0.25) is 0 Å². The van der Waals surface area contributed by atoms with E-state index in [1.807, 2.05) is 71.6 Å². The minimum Gasteiger partial charge on any atom is -0.497 e. The number of ether oxygens (including phenoxy) is 2. The zero-order valence-corrected chi connectivity index (χ0v) is 26.8. The highest BCUT2D eigenvalue weighted by atomic mass is 79.9. The number of halogens is 1. The SMILES string of the molecule is COc1ccc(CN(CCc2nc3ccccc3n2Cc2ccc(OC)cc2)c2nc(S(C)(=O)=O)nc3c(Br)cnn23)cc1. The molecule has 0 aliphatic rings. The highest BCUT2D eigenvalue weighted by Gasteiger charge is 2.23. The van der Waals surface area contributed by atoms with Crippen LogP contribution in [-0.4, -0.2) is 64.6 Å². The van der Waals surface area contributed by atoms with Crippen LogP contribution < -0.4 is 14.4 Å². The van der Waals surface area contributed by atoms with Crippen molar-refractivity contribution < 1.29 is 17.9 Å². The molecule has 44 heavy (non-hydrogen) atoms. The highest BCUT2D eigenvalue weighted by molar-refractivity contribution is 9.10. The zero-order valence-electron chi connectivity index (χ0n) is 24.4. The molecule has 0 atom stereocenters. The minimum absolute atomic E-state index is 0.271. The fourth-order valence-electron chi connectivity index (χ4n) is 5.03. The van der Waals surface area contributed by atoms with Gasteiger partial charge in [0.05, 0.1) is 35.9 Å². The predicted octanol–water partition coefficient (Wildman–Crippen LogP) is 4.95. The summed E-state index contributed by atoms with van der Waals surface area (Å²) in [5.41, 5.74) is 4.39. The molecule has 0 amide bonds. The maximum atomic E-state index is 12.6. The number of aromatic nitrogens is 6. The smallest absolute Gasteiger partial charge is 0.252 e. The molecule has 0 saturated carbocycles. The lowest BCUT2D eigenvalue weighted by molar-refractivity contribution is 0.414. The van der Waals surface area contributed by atoms with Crippen molar-refractivity contribution in [3.63, 3.8) is 0 Å². The average molecular weight is 677 g/mol. The first kappa shape index (κ1) is 29.6. The van der Waals surface area contributed by atoms with Crippen molar-refractivity contribution in [3.05, 3.63) is 100 Å². The first-order chi connectivity index (χ1) is 21.2. The third-order valence-electron chi connectivity index (χ3n) is 7.27. The number of imidazole rings is 1. The highest BCUT2D eigenvalue weighted by Crippen LogP contribution is 2.25. The van der Waals surface area contributed by atoms with Crippen molar-refractivity contribution >= 4 is 48.4 Å². The molecule has 11 nitrogen and oxygen atoms in total. The second-order valence-electron chi connectivity index (χ2n) is 10.3. The Morgan fingerprint density at radius 3 is 2.18 bits per heavy atom. The number of benzene rings is 3. The molecule has 0 saturated heterocycles. The fourth-order valence-corrected chi connectivity index (χ4v) is 5.88. The predicted molar refractivity (Wildman–Crippen MR) is 171 cm³/mol. The van der Waals surface area contributed by atoms with E-state index in [0.717, 1.165) is 45.7 Å².